The van der Waals surface area contributed by atoms with Crippen molar-refractivity contribution >= 4 is 5.96 Å². The topological polar surface area (TPSA) is 67.8 Å². The van der Waals surface area contributed by atoms with Crippen molar-refractivity contribution in [2.24, 2.45) is 10.9 Å². The van der Waals surface area contributed by atoms with Crippen LogP contribution in [0.2, 0.25) is 0 Å². The number of pyridine rings is 1. The molecule has 6 nitrogen and oxygen atoms in total. The largest absolute Gasteiger partial charge is 0.490 e. The molecule has 0 saturated carbocycles. The molecule has 2 N–H and O–H groups in total. The van der Waals surface area contributed by atoms with Crippen molar-refractivity contribution in [3.05, 3.63) is 24.5 Å². The van der Waals surface area contributed by atoms with Gasteiger partial charge in [0.15, 0.2) is 5.96 Å². The van der Waals surface area contributed by atoms with Crippen LogP contribution < -0.4 is 15.4 Å². The predicted octanol–water partition coefficient (Wildman–Crippen LogP) is 1.69. The molecule has 1 aromatic rings. The lowest BCUT2D eigenvalue weighted by Crippen LogP contribution is -2.39. The molecular weight excluding hydrogens is 280 g/mol. The summed E-state index contributed by atoms with van der Waals surface area (Å²) in [6.45, 7) is 7.96. The molecule has 124 valence electrons. The van der Waals surface area contributed by atoms with Crippen LogP contribution in [0.5, 0.6) is 5.75 Å². The number of rotatable bonds is 10. The molecule has 1 aromatic heterocycles. The van der Waals surface area contributed by atoms with Crippen LogP contribution in [0.3, 0.4) is 0 Å². The Morgan fingerprint density at radius 3 is 2.77 bits per heavy atom. The summed E-state index contributed by atoms with van der Waals surface area (Å²) in [5.41, 5.74) is 0. The molecule has 6 heteroatoms. The van der Waals surface area contributed by atoms with E-state index in [4.69, 9.17) is 9.47 Å². The first-order chi connectivity index (χ1) is 10.7. The first kappa shape index (κ1) is 18.2. The molecule has 0 aliphatic carbocycles. The smallest absolute Gasteiger partial charge is 0.191 e. The van der Waals surface area contributed by atoms with E-state index in [1.165, 1.54) is 0 Å². The van der Waals surface area contributed by atoms with Crippen LogP contribution in [0.15, 0.2) is 29.5 Å². The Kier molecular flexibility index (Phi) is 9.78. The van der Waals surface area contributed by atoms with E-state index >= 15 is 0 Å². The molecule has 0 radical (unpaired) electrons. The SMILES string of the molecule is CN=C(NCCCOCC(C)C)NCCOc1cccnc1. The van der Waals surface area contributed by atoms with Crippen molar-refractivity contribution < 1.29 is 9.47 Å². The number of nitrogens with zero attached hydrogens (tertiary/aromatic N) is 2. The fourth-order valence-electron chi connectivity index (χ4n) is 1.69. The highest BCUT2D eigenvalue weighted by atomic mass is 16.5. The Bertz CT molecular complexity index is 410. The van der Waals surface area contributed by atoms with Crippen LogP contribution in [0.25, 0.3) is 0 Å². The van der Waals surface area contributed by atoms with Gasteiger partial charge in [-0.05, 0) is 24.5 Å². The lowest BCUT2D eigenvalue weighted by molar-refractivity contribution is 0.108. The van der Waals surface area contributed by atoms with Gasteiger partial charge in [-0.1, -0.05) is 13.8 Å². The average Bonchev–Trinajstić information content (AvgIpc) is 2.53. The number of guanidine groups is 1. The fraction of sp³-hybridized carbons (Fsp3) is 0.625. The summed E-state index contributed by atoms with van der Waals surface area (Å²) in [7, 11) is 1.76. The average molecular weight is 308 g/mol. The van der Waals surface area contributed by atoms with Crippen LogP contribution in [0.4, 0.5) is 0 Å². The van der Waals surface area contributed by atoms with Gasteiger partial charge in [0.1, 0.15) is 12.4 Å². The van der Waals surface area contributed by atoms with E-state index in [1.807, 2.05) is 12.1 Å². The molecule has 1 rings (SSSR count). The van der Waals surface area contributed by atoms with Gasteiger partial charge in [0, 0.05) is 33.0 Å². The Hall–Kier alpha value is -1.82. The van der Waals surface area contributed by atoms with Crippen molar-refractivity contribution in [2.75, 3.05) is 40.0 Å². The van der Waals surface area contributed by atoms with Crippen molar-refractivity contribution in [1.29, 1.82) is 0 Å². The predicted molar refractivity (Wildman–Crippen MR) is 89.4 cm³/mol. The van der Waals surface area contributed by atoms with Gasteiger partial charge >= 0.3 is 0 Å². The quantitative estimate of drug-likeness (QED) is 0.391. The summed E-state index contributed by atoms with van der Waals surface area (Å²) < 4.78 is 11.1. The lowest BCUT2D eigenvalue weighted by atomic mass is 10.2. The zero-order chi connectivity index (χ0) is 16.0. The molecule has 1 heterocycles. The van der Waals surface area contributed by atoms with Gasteiger partial charge in [0.2, 0.25) is 0 Å². The number of hydrogen-bond acceptors (Lipinski definition) is 4. The summed E-state index contributed by atoms with van der Waals surface area (Å²) >= 11 is 0. The van der Waals surface area contributed by atoms with E-state index in [9.17, 15) is 0 Å². The van der Waals surface area contributed by atoms with Crippen LogP contribution >= 0.6 is 0 Å². The summed E-state index contributed by atoms with van der Waals surface area (Å²) in [6.07, 6.45) is 4.38. The third-order valence-corrected chi connectivity index (χ3v) is 2.73. The number of hydrogen-bond donors (Lipinski definition) is 2. The van der Waals surface area contributed by atoms with Crippen LogP contribution in [-0.2, 0) is 4.74 Å². The summed E-state index contributed by atoms with van der Waals surface area (Å²) in [4.78, 5) is 8.16. The standard InChI is InChI=1S/C16H28N4O2/c1-14(2)13-21-10-5-8-19-16(17-3)20-9-11-22-15-6-4-7-18-12-15/h4,6-7,12,14H,5,8-11,13H2,1-3H3,(H2,17,19,20). The van der Waals surface area contributed by atoms with Gasteiger partial charge in [-0.3, -0.25) is 9.98 Å². The molecule has 0 saturated heterocycles. The van der Waals surface area contributed by atoms with Crippen LogP contribution in [0, 0.1) is 5.92 Å². The maximum Gasteiger partial charge on any atom is 0.191 e. The second kappa shape index (κ2) is 11.8. The van der Waals surface area contributed by atoms with E-state index in [0.717, 1.165) is 37.9 Å². The van der Waals surface area contributed by atoms with E-state index < -0.39 is 0 Å². The van der Waals surface area contributed by atoms with Crippen molar-refractivity contribution in [3.63, 3.8) is 0 Å². The summed E-state index contributed by atoms with van der Waals surface area (Å²) in [6, 6.07) is 3.74. The minimum atomic E-state index is 0.559. The number of nitrogens with one attached hydrogen (secondary N) is 2. The molecule has 0 atom stereocenters. The molecule has 0 bridgehead atoms. The van der Waals surface area contributed by atoms with E-state index in [1.54, 1.807) is 19.4 Å². The number of aromatic nitrogens is 1. The maximum absolute atomic E-state index is 5.55. The first-order valence-electron chi connectivity index (χ1n) is 7.77. The van der Waals surface area contributed by atoms with Crippen molar-refractivity contribution in [2.45, 2.75) is 20.3 Å². The van der Waals surface area contributed by atoms with E-state index in [-0.39, 0.29) is 0 Å². The van der Waals surface area contributed by atoms with Gasteiger partial charge in [-0.15, -0.1) is 0 Å². The molecular formula is C16H28N4O2. The minimum Gasteiger partial charge on any atom is -0.490 e. The van der Waals surface area contributed by atoms with E-state index in [2.05, 4.69) is 34.5 Å². The van der Waals surface area contributed by atoms with E-state index in [0.29, 0.717) is 19.1 Å². The number of ether oxygens (including phenoxy) is 2. The van der Waals surface area contributed by atoms with Gasteiger partial charge in [-0.2, -0.15) is 0 Å². The highest BCUT2D eigenvalue weighted by Gasteiger charge is 1.98. The Morgan fingerprint density at radius 2 is 2.09 bits per heavy atom. The normalized spacial score (nSPS) is 11.5. The van der Waals surface area contributed by atoms with Crippen LogP contribution in [0.1, 0.15) is 20.3 Å². The number of aliphatic imine (C=N–C) groups is 1. The van der Waals surface area contributed by atoms with Crippen LogP contribution in [-0.4, -0.2) is 50.9 Å². The third kappa shape index (κ3) is 9.18. The highest BCUT2D eigenvalue weighted by molar-refractivity contribution is 5.79. The molecule has 0 amide bonds. The minimum absolute atomic E-state index is 0.559. The molecule has 0 aromatic carbocycles. The second-order valence-corrected chi connectivity index (χ2v) is 5.29. The molecule has 0 unspecified atom stereocenters. The van der Waals surface area contributed by atoms with Crippen molar-refractivity contribution in [3.8, 4) is 5.75 Å². The Labute approximate surface area is 133 Å². The van der Waals surface area contributed by atoms with Gasteiger partial charge in [0.25, 0.3) is 0 Å². The van der Waals surface area contributed by atoms with Gasteiger partial charge in [-0.25, -0.2) is 0 Å². The zero-order valence-corrected chi connectivity index (χ0v) is 13.8. The zero-order valence-electron chi connectivity index (χ0n) is 13.8. The summed E-state index contributed by atoms with van der Waals surface area (Å²) in [5.74, 6) is 2.13. The Balaban J connectivity index is 2.03. The molecule has 0 fully saturated rings. The Morgan fingerprint density at radius 1 is 1.27 bits per heavy atom. The molecule has 0 aliphatic rings. The third-order valence-electron chi connectivity index (χ3n) is 2.73. The fourth-order valence-corrected chi connectivity index (χ4v) is 1.69. The lowest BCUT2D eigenvalue weighted by Gasteiger charge is -2.12. The maximum atomic E-state index is 5.55. The molecule has 22 heavy (non-hydrogen) atoms. The molecule has 0 aliphatic heterocycles. The first-order valence-corrected chi connectivity index (χ1v) is 7.77. The molecule has 0 spiro atoms. The highest BCUT2D eigenvalue weighted by Crippen LogP contribution is 2.04. The van der Waals surface area contributed by atoms with Gasteiger partial charge < -0.3 is 20.1 Å². The second-order valence-electron chi connectivity index (χ2n) is 5.29. The van der Waals surface area contributed by atoms with Gasteiger partial charge in [0.05, 0.1) is 12.7 Å². The summed E-state index contributed by atoms with van der Waals surface area (Å²) in [5, 5.41) is 6.45. The van der Waals surface area contributed by atoms with Crippen molar-refractivity contribution in [1.82, 2.24) is 15.6 Å². The monoisotopic (exact) mass is 308 g/mol.